The highest BCUT2D eigenvalue weighted by Crippen LogP contribution is 2.34. The summed E-state index contributed by atoms with van der Waals surface area (Å²) in [4.78, 5) is 31.4. The van der Waals surface area contributed by atoms with Gasteiger partial charge >= 0.3 is 0 Å². The lowest BCUT2D eigenvalue weighted by Crippen LogP contribution is -2.48. The SMILES string of the molecule is O=C(C=CCN1CC2CC(C1)c1cccc(=O)n1C2)N1CCN(c2ccc(Cl)c(Cl)c2)CC1. The van der Waals surface area contributed by atoms with Crippen LogP contribution in [-0.2, 0) is 11.3 Å². The number of benzene rings is 1. The molecule has 174 valence electrons. The quantitative estimate of drug-likeness (QED) is 0.620. The number of carbonyl (C=O) groups is 1. The molecule has 1 aromatic carbocycles. The third-order valence-electron chi connectivity index (χ3n) is 7.04. The van der Waals surface area contributed by atoms with Crippen LogP contribution in [0.5, 0.6) is 0 Å². The molecule has 6 nitrogen and oxygen atoms in total. The first-order chi connectivity index (χ1) is 16.0. The summed E-state index contributed by atoms with van der Waals surface area (Å²) in [6, 6.07) is 11.3. The number of rotatable bonds is 4. The Balaban J connectivity index is 1.13. The second-order valence-corrected chi connectivity index (χ2v) is 10.0. The number of hydrogen-bond donors (Lipinski definition) is 0. The summed E-state index contributed by atoms with van der Waals surface area (Å²) in [6.45, 7) is 6.37. The third-order valence-corrected chi connectivity index (χ3v) is 7.78. The van der Waals surface area contributed by atoms with E-state index in [1.165, 1.54) is 0 Å². The van der Waals surface area contributed by atoms with Gasteiger partial charge in [-0.25, -0.2) is 0 Å². The largest absolute Gasteiger partial charge is 0.368 e. The molecule has 2 unspecified atom stereocenters. The maximum atomic E-state index is 12.7. The van der Waals surface area contributed by atoms with E-state index in [0.29, 0.717) is 35.0 Å². The molecule has 2 bridgehead atoms. The average molecular weight is 487 g/mol. The zero-order valence-electron chi connectivity index (χ0n) is 18.5. The number of aromatic nitrogens is 1. The Labute approximate surface area is 204 Å². The molecule has 0 aliphatic carbocycles. The molecule has 8 heteroatoms. The molecule has 4 heterocycles. The molecule has 1 amide bonds. The van der Waals surface area contributed by atoms with Crippen molar-refractivity contribution in [2.45, 2.75) is 18.9 Å². The van der Waals surface area contributed by atoms with Gasteiger partial charge < -0.3 is 14.4 Å². The van der Waals surface area contributed by atoms with Crippen LogP contribution in [0.4, 0.5) is 5.69 Å². The van der Waals surface area contributed by atoms with Gasteiger partial charge in [-0.2, -0.15) is 0 Å². The fourth-order valence-electron chi connectivity index (χ4n) is 5.42. The summed E-state index contributed by atoms with van der Waals surface area (Å²) >= 11 is 12.2. The highest BCUT2D eigenvalue weighted by molar-refractivity contribution is 6.42. The van der Waals surface area contributed by atoms with E-state index in [2.05, 4.69) is 15.9 Å². The lowest BCUT2D eigenvalue weighted by molar-refractivity contribution is -0.126. The summed E-state index contributed by atoms with van der Waals surface area (Å²) < 4.78 is 1.95. The van der Waals surface area contributed by atoms with Gasteiger partial charge in [0.2, 0.25) is 5.91 Å². The Morgan fingerprint density at radius 2 is 1.82 bits per heavy atom. The van der Waals surface area contributed by atoms with E-state index < -0.39 is 0 Å². The fourth-order valence-corrected chi connectivity index (χ4v) is 5.71. The van der Waals surface area contributed by atoms with Crippen molar-refractivity contribution in [3.8, 4) is 0 Å². The molecule has 0 spiro atoms. The zero-order valence-corrected chi connectivity index (χ0v) is 20.0. The predicted octanol–water partition coefficient (Wildman–Crippen LogP) is 3.48. The number of anilines is 1. The van der Waals surface area contributed by atoms with Crippen molar-refractivity contribution in [3.05, 3.63) is 74.6 Å². The second kappa shape index (κ2) is 9.53. The van der Waals surface area contributed by atoms with Gasteiger partial charge in [0.05, 0.1) is 10.0 Å². The number of nitrogens with zero attached hydrogens (tertiary/aromatic N) is 4. The van der Waals surface area contributed by atoms with E-state index in [1.807, 2.05) is 39.8 Å². The van der Waals surface area contributed by atoms with Gasteiger partial charge in [-0.3, -0.25) is 14.5 Å². The van der Waals surface area contributed by atoms with Crippen LogP contribution in [-0.4, -0.2) is 66.1 Å². The van der Waals surface area contributed by atoms with Crippen molar-refractivity contribution in [2.75, 3.05) is 50.7 Å². The third kappa shape index (κ3) is 4.84. The molecule has 2 saturated heterocycles. The van der Waals surface area contributed by atoms with Crippen LogP contribution in [0.2, 0.25) is 10.0 Å². The van der Waals surface area contributed by atoms with Crippen molar-refractivity contribution in [1.29, 1.82) is 0 Å². The summed E-state index contributed by atoms with van der Waals surface area (Å²) in [5, 5.41) is 1.10. The van der Waals surface area contributed by atoms with Gasteiger partial charge in [0.15, 0.2) is 0 Å². The molecular weight excluding hydrogens is 459 g/mol. The molecule has 0 N–H and O–H groups in total. The van der Waals surface area contributed by atoms with E-state index in [9.17, 15) is 9.59 Å². The number of fused-ring (bicyclic) bond motifs is 4. The zero-order chi connectivity index (χ0) is 22.9. The highest BCUT2D eigenvalue weighted by atomic mass is 35.5. The first-order valence-electron chi connectivity index (χ1n) is 11.6. The molecule has 0 radical (unpaired) electrons. The minimum absolute atomic E-state index is 0.0675. The Kier molecular flexibility index (Phi) is 6.50. The van der Waals surface area contributed by atoms with E-state index >= 15 is 0 Å². The number of piperazine rings is 1. The molecule has 2 atom stereocenters. The lowest BCUT2D eigenvalue weighted by atomic mass is 9.83. The standard InChI is InChI=1S/C25H28Cl2N4O2/c26-21-7-6-20(14-22(21)27)29-9-11-30(12-10-29)24(32)5-2-8-28-15-18-13-19(17-28)23-3-1-4-25(33)31(23)16-18/h1-7,14,18-19H,8-13,15-17H2. The van der Waals surface area contributed by atoms with Crippen molar-refractivity contribution in [3.63, 3.8) is 0 Å². The van der Waals surface area contributed by atoms with Crippen LogP contribution < -0.4 is 10.5 Å². The Bertz CT molecular complexity index is 1120. The maximum absolute atomic E-state index is 12.7. The summed E-state index contributed by atoms with van der Waals surface area (Å²) in [5.74, 6) is 0.956. The molecule has 1 aromatic heterocycles. The average Bonchev–Trinajstić information content (AvgIpc) is 2.82. The van der Waals surface area contributed by atoms with Gasteiger partial charge in [0.1, 0.15) is 0 Å². The first kappa shape index (κ1) is 22.5. The fraction of sp³-hybridized carbons (Fsp3) is 0.440. The van der Waals surface area contributed by atoms with Crippen molar-refractivity contribution in [1.82, 2.24) is 14.4 Å². The number of hydrogen-bond acceptors (Lipinski definition) is 4. The van der Waals surface area contributed by atoms with Crippen LogP contribution in [0, 0.1) is 5.92 Å². The second-order valence-electron chi connectivity index (χ2n) is 9.23. The van der Waals surface area contributed by atoms with Crippen molar-refractivity contribution >= 4 is 34.8 Å². The van der Waals surface area contributed by atoms with Crippen LogP contribution in [0.3, 0.4) is 0 Å². The molecule has 2 fully saturated rings. The predicted molar refractivity (Wildman–Crippen MR) is 132 cm³/mol. The van der Waals surface area contributed by atoms with E-state index in [0.717, 1.165) is 57.1 Å². The smallest absolute Gasteiger partial charge is 0.250 e. The Morgan fingerprint density at radius 3 is 2.61 bits per heavy atom. The highest BCUT2D eigenvalue weighted by Gasteiger charge is 2.34. The summed E-state index contributed by atoms with van der Waals surface area (Å²) in [6.07, 6.45) is 4.86. The molecule has 2 aromatic rings. The number of amides is 1. The summed E-state index contributed by atoms with van der Waals surface area (Å²) in [7, 11) is 0. The molecule has 3 aliphatic heterocycles. The van der Waals surface area contributed by atoms with E-state index in [1.54, 1.807) is 12.1 Å². The molecule has 5 rings (SSSR count). The number of halogens is 2. The monoisotopic (exact) mass is 486 g/mol. The normalized spacial score (nSPS) is 23.1. The van der Waals surface area contributed by atoms with Gasteiger partial charge in [-0.1, -0.05) is 35.3 Å². The van der Waals surface area contributed by atoms with Crippen molar-refractivity contribution < 1.29 is 4.79 Å². The van der Waals surface area contributed by atoms with Crippen LogP contribution >= 0.6 is 23.2 Å². The Morgan fingerprint density at radius 1 is 1.00 bits per heavy atom. The van der Waals surface area contributed by atoms with Gasteiger partial charge in [-0.15, -0.1) is 0 Å². The molecule has 0 saturated carbocycles. The Hall–Kier alpha value is -2.28. The number of carbonyl (C=O) groups excluding carboxylic acids is 1. The van der Waals surface area contributed by atoms with Crippen molar-refractivity contribution in [2.24, 2.45) is 5.92 Å². The molecular formula is C25H28Cl2N4O2. The topological polar surface area (TPSA) is 48.8 Å². The summed E-state index contributed by atoms with van der Waals surface area (Å²) in [5.41, 5.74) is 2.30. The van der Waals surface area contributed by atoms with Crippen LogP contribution in [0.25, 0.3) is 0 Å². The van der Waals surface area contributed by atoms with E-state index in [4.69, 9.17) is 23.2 Å². The lowest BCUT2D eigenvalue weighted by Gasteiger charge is -2.42. The van der Waals surface area contributed by atoms with Gasteiger partial charge in [-0.05, 0) is 36.6 Å². The number of likely N-dealkylation sites (tertiary alicyclic amines) is 1. The maximum Gasteiger partial charge on any atom is 0.250 e. The molecule has 3 aliphatic rings. The van der Waals surface area contributed by atoms with Gasteiger partial charge in [0, 0.05) is 81.8 Å². The number of pyridine rings is 1. The van der Waals surface area contributed by atoms with Crippen LogP contribution in [0.15, 0.2) is 53.3 Å². The van der Waals surface area contributed by atoms with Gasteiger partial charge in [0.25, 0.3) is 5.56 Å². The van der Waals surface area contributed by atoms with E-state index in [-0.39, 0.29) is 11.5 Å². The van der Waals surface area contributed by atoms with Crippen LogP contribution in [0.1, 0.15) is 18.0 Å². The minimum Gasteiger partial charge on any atom is -0.368 e. The minimum atomic E-state index is 0.0675. The number of piperidine rings is 1. The molecule has 33 heavy (non-hydrogen) atoms. The first-order valence-corrected chi connectivity index (χ1v) is 12.3.